The highest BCUT2D eigenvalue weighted by Crippen LogP contribution is 2.21. The average molecular weight is 258 g/mol. The molecule has 5 nitrogen and oxygen atoms in total. The van der Waals surface area contributed by atoms with E-state index in [1.165, 1.54) is 0 Å². The van der Waals surface area contributed by atoms with Crippen LogP contribution in [0, 0.1) is 13.8 Å². The molecule has 1 fully saturated rings. The molecule has 1 N–H and O–H groups in total. The summed E-state index contributed by atoms with van der Waals surface area (Å²) in [7, 11) is -3.11. The zero-order valence-corrected chi connectivity index (χ0v) is 11.0. The van der Waals surface area contributed by atoms with Gasteiger partial charge in [0.1, 0.15) is 5.76 Å². The van der Waals surface area contributed by atoms with Crippen LogP contribution in [-0.4, -0.2) is 31.9 Å². The lowest BCUT2D eigenvalue weighted by Crippen LogP contribution is -2.39. The summed E-state index contributed by atoms with van der Waals surface area (Å²) in [6.07, 6.45) is 1.67. The van der Waals surface area contributed by atoms with E-state index in [2.05, 4.69) is 10.5 Å². The number of rotatable bonds is 3. The second kappa shape index (κ2) is 4.78. The molecule has 1 unspecified atom stereocenters. The van der Waals surface area contributed by atoms with Crippen LogP contribution in [0.15, 0.2) is 4.52 Å². The normalized spacial score (nSPS) is 21.6. The molecule has 1 aliphatic rings. The van der Waals surface area contributed by atoms with Crippen molar-refractivity contribution in [1.29, 1.82) is 0 Å². The number of aromatic nitrogens is 1. The molecule has 0 amide bonds. The van der Waals surface area contributed by atoms with Crippen LogP contribution >= 0.6 is 0 Å². The van der Waals surface area contributed by atoms with Gasteiger partial charge in [-0.3, -0.25) is 0 Å². The number of aryl methyl sites for hydroxylation is 2. The van der Waals surface area contributed by atoms with Crippen LogP contribution in [0.25, 0.3) is 0 Å². The summed E-state index contributed by atoms with van der Waals surface area (Å²) >= 11 is 0. The van der Waals surface area contributed by atoms with Crippen LogP contribution in [-0.2, 0) is 15.6 Å². The van der Waals surface area contributed by atoms with Gasteiger partial charge in [0.05, 0.1) is 16.7 Å². The fourth-order valence-electron chi connectivity index (χ4n) is 2.15. The Hall–Kier alpha value is -0.880. The van der Waals surface area contributed by atoms with Gasteiger partial charge in [0.2, 0.25) is 0 Å². The second-order valence-corrected chi connectivity index (χ2v) is 6.86. The first-order valence-electron chi connectivity index (χ1n) is 5.85. The van der Waals surface area contributed by atoms with Crippen molar-refractivity contribution >= 4 is 9.84 Å². The zero-order valence-electron chi connectivity index (χ0n) is 10.2. The van der Waals surface area contributed by atoms with Gasteiger partial charge in [-0.25, -0.2) is 8.42 Å². The summed E-state index contributed by atoms with van der Waals surface area (Å²) in [5.74, 6) is 0.649. The summed E-state index contributed by atoms with van der Waals surface area (Å²) in [5.41, 5.74) is 1.39. The first-order valence-corrected chi connectivity index (χ1v) is 7.56. The Morgan fingerprint density at radius 3 is 2.76 bits per heavy atom. The number of sulfone groups is 1. The largest absolute Gasteiger partial charge is 0.361 e. The number of hydrogen-bond donors (Lipinski definition) is 1. The summed E-state index contributed by atoms with van der Waals surface area (Å²) in [5, 5.41) is 6.65. The van der Waals surface area contributed by atoms with Crippen molar-refractivity contribution in [3.63, 3.8) is 0 Å². The Kier molecular flexibility index (Phi) is 3.53. The maximum atomic E-state index is 12.2. The molecule has 0 aliphatic carbocycles. The molecule has 0 bridgehead atoms. The van der Waals surface area contributed by atoms with Gasteiger partial charge in [0.15, 0.2) is 9.84 Å². The highest BCUT2D eigenvalue weighted by atomic mass is 32.2. The summed E-state index contributed by atoms with van der Waals surface area (Å²) < 4.78 is 29.5. The Morgan fingerprint density at radius 1 is 1.47 bits per heavy atom. The van der Waals surface area contributed by atoms with E-state index in [0.717, 1.165) is 24.9 Å². The van der Waals surface area contributed by atoms with E-state index in [1.807, 2.05) is 0 Å². The Bertz CT molecular complexity index is 467. The molecule has 0 saturated carbocycles. The monoisotopic (exact) mass is 258 g/mol. The molecule has 2 rings (SSSR count). The van der Waals surface area contributed by atoms with E-state index in [9.17, 15) is 8.42 Å². The first-order chi connectivity index (χ1) is 8.00. The van der Waals surface area contributed by atoms with Crippen LogP contribution < -0.4 is 5.32 Å². The van der Waals surface area contributed by atoms with Crippen LogP contribution in [0.1, 0.15) is 29.9 Å². The van der Waals surface area contributed by atoms with Crippen LogP contribution in [0.2, 0.25) is 0 Å². The van der Waals surface area contributed by atoms with Gasteiger partial charge in [0, 0.05) is 12.1 Å². The van der Waals surface area contributed by atoms with Gasteiger partial charge < -0.3 is 9.84 Å². The summed E-state index contributed by atoms with van der Waals surface area (Å²) in [6.45, 7) is 5.01. The molecule has 2 heterocycles. The zero-order chi connectivity index (χ0) is 12.5. The van der Waals surface area contributed by atoms with E-state index in [1.54, 1.807) is 13.8 Å². The molecule has 1 aliphatic heterocycles. The molecular weight excluding hydrogens is 240 g/mol. The molecule has 1 saturated heterocycles. The van der Waals surface area contributed by atoms with Crippen LogP contribution in [0.5, 0.6) is 0 Å². The lowest BCUT2D eigenvalue weighted by molar-refractivity contribution is 0.392. The van der Waals surface area contributed by atoms with Gasteiger partial charge >= 0.3 is 0 Å². The van der Waals surface area contributed by atoms with Crippen LogP contribution in [0.3, 0.4) is 0 Å². The van der Waals surface area contributed by atoms with Gasteiger partial charge in [-0.1, -0.05) is 5.16 Å². The maximum Gasteiger partial charge on any atom is 0.158 e. The lowest BCUT2D eigenvalue weighted by atomic mass is 10.2. The molecule has 0 aromatic carbocycles. The third kappa shape index (κ3) is 2.69. The maximum absolute atomic E-state index is 12.2. The van der Waals surface area contributed by atoms with Gasteiger partial charge in [-0.2, -0.15) is 0 Å². The minimum absolute atomic E-state index is 0.0422. The molecule has 1 aromatic rings. The average Bonchev–Trinajstić information content (AvgIpc) is 2.62. The Labute approximate surface area is 101 Å². The smallest absolute Gasteiger partial charge is 0.158 e. The van der Waals surface area contributed by atoms with Crippen molar-refractivity contribution < 1.29 is 12.9 Å². The highest BCUT2D eigenvalue weighted by molar-refractivity contribution is 7.91. The van der Waals surface area contributed by atoms with E-state index in [0.29, 0.717) is 18.0 Å². The van der Waals surface area contributed by atoms with E-state index < -0.39 is 9.84 Å². The SMILES string of the molecule is Cc1noc(C)c1CS(=O)(=O)C1CCCNC1. The van der Waals surface area contributed by atoms with E-state index in [4.69, 9.17) is 4.52 Å². The standard InChI is InChI=1S/C11H18N2O3S/c1-8-11(9(2)16-13-8)7-17(14,15)10-4-3-5-12-6-10/h10,12H,3-7H2,1-2H3. The van der Waals surface area contributed by atoms with Gasteiger partial charge in [-0.05, 0) is 33.2 Å². The van der Waals surface area contributed by atoms with Crippen molar-refractivity contribution in [3.8, 4) is 0 Å². The number of piperidine rings is 1. The number of hydrogen-bond acceptors (Lipinski definition) is 5. The molecule has 1 aromatic heterocycles. The highest BCUT2D eigenvalue weighted by Gasteiger charge is 2.29. The van der Waals surface area contributed by atoms with Crippen molar-refractivity contribution in [2.45, 2.75) is 37.7 Å². The van der Waals surface area contributed by atoms with E-state index >= 15 is 0 Å². The topological polar surface area (TPSA) is 72.2 Å². The van der Waals surface area contributed by atoms with Gasteiger partial charge in [0.25, 0.3) is 0 Å². The summed E-state index contributed by atoms with van der Waals surface area (Å²) in [6, 6.07) is 0. The van der Waals surface area contributed by atoms with Crippen molar-refractivity contribution in [3.05, 3.63) is 17.0 Å². The first kappa shape index (κ1) is 12.6. The third-order valence-electron chi connectivity index (χ3n) is 3.29. The van der Waals surface area contributed by atoms with Crippen molar-refractivity contribution in [1.82, 2.24) is 10.5 Å². The minimum Gasteiger partial charge on any atom is -0.361 e. The molecule has 0 spiro atoms. The quantitative estimate of drug-likeness (QED) is 0.874. The van der Waals surface area contributed by atoms with E-state index in [-0.39, 0.29) is 11.0 Å². The molecular formula is C11H18N2O3S. The molecule has 1 atom stereocenters. The Morgan fingerprint density at radius 2 is 2.24 bits per heavy atom. The van der Waals surface area contributed by atoms with Crippen molar-refractivity contribution in [2.24, 2.45) is 0 Å². The molecule has 6 heteroatoms. The predicted octanol–water partition coefficient (Wildman–Crippen LogP) is 0.958. The fraction of sp³-hybridized carbons (Fsp3) is 0.727. The second-order valence-electron chi connectivity index (χ2n) is 4.58. The lowest BCUT2D eigenvalue weighted by Gasteiger charge is -2.22. The number of nitrogens with zero attached hydrogens (tertiary/aromatic N) is 1. The van der Waals surface area contributed by atoms with Gasteiger partial charge in [-0.15, -0.1) is 0 Å². The third-order valence-corrected chi connectivity index (χ3v) is 5.40. The predicted molar refractivity (Wildman–Crippen MR) is 64.5 cm³/mol. The Balaban J connectivity index is 2.17. The summed E-state index contributed by atoms with van der Waals surface area (Å²) in [4.78, 5) is 0. The molecule has 17 heavy (non-hydrogen) atoms. The van der Waals surface area contributed by atoms with Crippen LogP contribution in [0.4, 0.5) is 0 Å². The number of nitrogens with one attached hydrogen (secondary N) is 1. The van der Waals surface area contributed by atoms with Crippen molar-refractivity contribution in [2.75, 3.05) is 13.1 Å². The molecule has 96 valence electrons. The molecule has 0 radical (unpaired) electrons. The minimum atomic E-state index is -3.11. The fourth-order valence-corrected chi connectivity index (χ4v) is 4.10.